The Labute approximate surface area is 222 Å². The molecule has 0 aliphatic heterocycles. The monoisotopic (exact) mass is 552 g/mol. The summed E-state index contributed by atoms with van der Waals surface area (Å²) in [6.45, 7) is 0. The molecule has 0 aliphatic carbocycles. The largest absolute Gasteiger partial charge is 0.508 e. The summed E-state index contributed by atoms with van der Waals surface area (Å²) in [5, 5.41) is 34.5. The number of carbonyl (C=O) groups excluding carboxylic acids is 5. The van der Waals surface area contributed by atoms with Crippen LogP contribution < -0.4 is 33.2 Å². The minimum atomic E-state index is -1.54. The standard InChI is InChI=1S/C23H32N6O10/c24-13(10-19(33)34)20(35)29-16(9-11-1-3-12(30)4-2-11)22(37)27-14(5-7-17(25)31)21(36)28-15(23(38)39)6-8-18(26)32/h1-4,13-16,30H,5-10,24H2,(H2,25,31)(H2,26,32)(H,27,37)(H,28,36)(H,29,35)(H,33,34)(H,38,39). The minimum absolute atomic E-state index is 0.0697. The van der Waals surface area contributed by atoms with E-state index in [1.54, 1.807) is 0 Å². The van der Waals surface area contributed by atoms with E-state index in [-0.39, 0.29) is 37.9 Å². The van der Waals surface area contributed by atoms with Crippen LogP contribution in [-0.4, -0.2) is 81.0 Å². The summed E-state index contributed by atoms with van der Waals surface area (Å²) in [5.74, 6) is -7.47. The Kier molecular flexibility index (Phi) is 12.8. The second-order valence-electron chi connectivity index (χ2n) is 8.61. The van der Waals surface area contributed by atoms with E-state index in [0.717, 1.165) is 0 Å². The third kappa shape index (κ3) is 12.4. The van der Waals surface area contributed by atoms with Crippen molar-refractivity contribution in [2.75, 3.05) is 0 Å². The van der Waals surface area contributed by atoms with Crippen molar-refractivity contribution in [2.45, 2.75) is 62.7 Å². The van der Waals surface area contributed by atoms with Gasteiger partial charge in [0.2, 0.25) is 29.5 Å². The van der Waals surface area contributed by atoms with Crippen molar-refractivity contribution in [1.82, 2.24) is 16.0 Å². The summed E-state index contributed by atoms with van der Waals surface area (Å²) in [6, 6.07) is -0.401. The maximum absolute atomic E-state index is 13.2. The van der Waals surface area contributed by atoms with Crippen LogP contribution in [-0.2, 0) is 40.0 Å². The first-order valence-corrected chi connectivity index (χ1v) is 11.6. The lowest BCUT2D eigenvalue weighted by Crippen LogP contribution is -2.57. The van der Waals surface area contributed by atoms with Gasteiger partial charge >= 0.3 is 11.9 Å². The zero-order chi connectivity index (χ0) is 29.7. The predicted molar refractivity (Wildman–Crippen MR) is 132 cm³/mol. The second kappa shape index (κ2) is 15.5. The van der Waals surface area contributed by atoms with Crippen molar-refractivity contribution in [1.29, 1.82) is 0 Å². The van der Waals surface area contributed by atoms with Crippen molar-refractivity contribution in [3.63, 3.8) is 0 Å². The van der Waals surface area contributed by atoms with Gasteiger partial charge in [0.05, 0.1) is 12.5 Å². The molecule has 0 saturated heterocycles. The van der Waals surface area contributed by atoms with Crippen LogP contribution in [0.1, 0.15) is 37.7 Å². The van der Waals surface area contributed by atoms with E-state index < -0.39 is 72.1 Å². The van der Waals surface area contributed by atoms with E-state index in [1.807, 2.05) is 0 Å². The van der Waals surface area contributed by atoms with Crippen LogP contribution in [0.25, 0.3) is 0 Å². The molecule has 0 heterocycles. The number of carbonyl (C=O) groups is 7. The number of nitrogens with two attached hydrogens (primary N) is 3. The van der Waals surface area contributed by atoms with E-state index in [0.29, 0.717) is 5.56 Å². The Morgan fingerprint density at radius 3 is 1.67 bits per heavy atom. The molecular formula is C23H32N6O10. The lowest BCUT2D eigenvalue weighted by molar-refractivity contribution is -0.142. The Bertz CT molecular complexity index is 1080. The molecule has 1 aromatic rings. The third-order valence-electron chi connectivity index (χ3n) is 5.35. The van der Waals surface area contributed by atoms with Gasteiger partial charge in [-0.15, -0.1) is 0 Å². The Balaban J connectivity index is 3.17. The van der Waals surface area contributed by atoms with E-state index >= 15 is 0 Å². The van der Waals surface area contributed by atoms with Gasteiger partial charge in [-0.25, -0.2) is 4.79 Å². The molecule has 0 saturated carbocycles. The summed E-state index contributed by atoms with van der Waals surface area (Å²) in [4.78, 5) is 83.3. The van der Waals surface area contributed by atoms with Crippen molar-refractivity contribution in [3.05, 3.63) is 29.8 Å². The molecule has 0 aliphatic rings. The maximum Gasteiger partial charge on any atom is 0.326 e. The van der Waals surface area contributed by atoms with E-state index in [9.17, 15) is 43.8 Å². The number of carboxylic acids is 2. The quantitative estimate of drug-likeness (QED) is 0.0927. The number of nitrogens with one attached hydrogen (secondary N) is 3. The molecule has 5 amide bonds. The van der Waals surface area contributed by atoms with Crippen molar-refractivity contribution in [3.8, 4) is 5.75 Å². The maximum atomic E-state index is 13.2. The number of aliphatic carboxylic acids is 2. The highest BCUT2D eigenvalue weighted by Gasteiger charge is 2.31. The van der Waals surface area contributed by atoms with Gasteiger partial charge in [-0.05, 0) is 30.5 Å². The number of hydrogen-bond acceptors (Lipinski definition) is 9. The van der Waals surface area contributed by atoms with Crippen LogP contribution in [0.15, 0.2) is 24.3 Å². The summed E-state index contributed by atoms with van der Waals surface area (Å²) < 4.78 is 0. The van der Waals surface area contributed by atoms with Crippen molar-refractivity contribution < 1.29 is 48.9 Å². The summed E-state index contributed by atoms with van der Waals surface area (Å²) in [6.07, 6.45) is -2.33. The highest BCUT2D eigenvalue weighted by molar-refractivity contribution is 5.95. The molecule has 4 unspecified atom stereocenters. The average molecular weight is 553 g/mol. The normalized spacial score (nSPS) is 13.7. The Morgan fingerprint density at radius 1 is 0.718 bits per heavy atom. The lowest BCUT2D eigenvalue weighted by Gasteiger charge is -2.25. The topological polar surface area (TPSA) is 294 Å². The lowest BCUT2D eigenvalue weighted by atomic mass is 10.0. The van der Waals surface area contributed by atoms with Crippen LogP contribution in [0.3, 0.4) is 0 Å². The van der Waals surface area contributed by atoms with Gasteiger partial charge in [0.15, 0.2) is 0 Å². The van der Waals surface area contributed by atoms with Gasteiger partial charge in [0, 0.05) is 19.3 Å². The highest BCUT2D eigenvalue weighted by Crippen LogP contribution is 2.12. The average Bonchev–Trinajstić information content (AvgIpc) is 2.83. The number of primary amides is 2. The number of carboxylic acid groups (broad SMARTS) is 2. The number of hydrogen-bond donors (Lipinski definition) is 9. The number of phenolic OH excluding ortho intramolecular Hbond substituents is 1. The van der Waals surface area contributed by atoms with E-state index in [4.69, 9.17) is 22.3 Å². The number of phenols is 1. The van der Waals surface area contributed by atoms with Crippen LogP contribution >= 0.6 is 0 Å². The number of benzene rings is 1. The van der Waals surface area contributed by atoms with Gasteiger partial charge < -0.3 is 48.5 Å². The molecule has 0 bridgehead atoms. The molecule has 1 rings (SSSR count). The third-order valence-corrected chi connectivity index (χ3v) is 5.35. The zero-order valence-electron chi connectivity index (χ0n) is 20.8. The molecule has 0 aromatic heterocycles. The van der Waals surface area contributed by atoms with Crippen LogP contribution in [0, 0.1) is 0 Å². The fraction of sp³-hybridized carbons (Fsp3) is 0.435. The number of aromatic hydroxyl groups is 1. The van der Waals surface area contributed by atoms with Gasteiger partial charge in [0.1, 0.15) is 23.9 Å². The summed E-state index contributed by atoms with van der Waals surface area (Å²) in [5.41, 5.74) is 16.2. The van der Waals surface area contributed by atoms with Gasteiger partial charge in [-0.1, -0.05) is 12.1 Å². The Hall–Kier alpha value is -4.73. The first kappa shape index (κ1) is 32.3. The first-order valence-electron chi connectivity index (χ1n) is 11.6. The molecule has 16 heteroatoms. The van der Waals surface area contributed by atoms with Crippen LogP contribution in [0.5, 0.6) is 5.75 Å². The molecule has 1 aromatic carbocycles. The van der Waals surface area contributed by atoms with Gasteiger partial charge in [-0.2, -0.15) is 0 Å². The molecule has 39 heavy (non-hydrogen) atoms. The van der Waals surface area contributed by atoms with E-state index in [1.165, 1.54) is 24.3 Å². The molecule has 0 radical (unpaired) electrons. The summed E-state index contributed by atoms with van der Waals surface area (Å²) >= 11 is 0. The molecule has 214 valence electrons. The SMILES string of the molecule is NC(=O)CCC(NC(=O)C(CCC(N)=O)NC(=O)C(Cc1ccc(O)cc1)NC(=O)C(N)CC(=O)O)C(=O)O. The fourth-order valence-corrected chi connectivity index (χ4v) is 3.28. The minimum Gasteiger partial charge on any atom is -0.508 e. The van der Waals surface area contributed by atoms with Crippen molar-refractivity contribution in [2.24, 2.45) is 17.2 Å². The molecule has 0 fully saturated rings. The Morgan fingerprint density at radius 2 is 1.18 bits per heavy atom. The molecule has 12 N–H and O–H groups in total. The van der Waals surface area contributed by atoms with Crippen LogP contribution in [0.2, 0.25) is 0 Å². The first-order chi connectivity index (χ1) is 18.2. The van der Waals surface area contributed by atoms with Gasteiger partial charge in [-0.3, -0.25) is 28.8 Å². The zero-order valence-corrected chi connectivity index (χ0v) is 20.8. The van der Waals surface area contributed by atoms with Crippen LogP contribution in [0.4, 0.5) is 0 Å². The molecule has 0 spiro atoms. The molecule has 16 nitrogen and oxygen atoms in total. The number of rotatable bonds is 17. The van der Waals surface area contributed by atoms with Crippen molar-refractivity contribution >= 4 is 41.5 Å². The fourth-order valence-electron chi connectivity index (χ4n) is 3.28. The second-order valence-corrected chi connectivity index (χ2v) is 8.61. The van der Waals surface area contributed by atoms with Gasteiger partial charge in [0.25, 0.3) is 0 Å². The summed E-state index contributed by atoms with van der Waals surface area (Å²) in [7, 11) is 0. The smallest absolute Gasteiger partial charge is 0.326 e. The molecule has 4 atom stereocenters. The molecular weight excluding hydrogens is 520 g/mol. The predicted octanol–water partition coefficient (Wildman–Crippen LogP) is -3.19. The highest BCUT2D eigenvalue weighted by atomic mass is 16.4. The van der Waals surface area contributed by atoms with E-state index in [2.05, 4.69) is 16.0 Å². The number of amides is 5.